The molecule has 1 saturated heterocycles. The van der Waals surface area contributed by atoms with E-state index in [0.717, 1.165) is 47.7 Å². The van der Waals surface area contributed by atoms with Crippen LogP contribution in [-0.2, 0) is 0 Å². The van der Waals surface area contributed by atoms with Gasteiger partial charge < -0.3 is 19.0 Å². The van der Waals surface area contributed by atoms with E-state index in [4.69, 9.17) is 4.42 Å². The summed E-state index contributed by atoms with van der Waals surface area (Å²) in [5, 5.41) is 4.88. The zero-order chi connectivity index (χ0) is 20.1. The lowest BCUT2D eigenvalue weighted by Gasteiger charge is -2.33. The minimum Gasteiger partial charge on any atom is -0.421 e. The van der Waals surface area contributed by atoms with Crippen LogP contribution in [0.25, 0.3) is 27.9 Å². The second-order valence-corrected chi connectivity index (χ2v) is 7.80. The molecule has 3 aromatic heterocycles. The molecule has 7 nitrogen and oxygen atoms in total. The Kier molecular flexibility index (Phi) is 4.13. The molecule has 1 N–H and O–H groups in total. The summed E-state index contributed by atoms with van der Waals surface area (Å²) in [6.45, 7) is 8.82. The standard InChI is InChI=1S/C22H23N5O2/c1-13-10-26(7-6-23-13)17-5-4-16-8-20(29-22(28)18(16)9-17)19-12-27-11-14(2)24-15(3)21(27)25-19/h4-5,8-9,11-13,23H,6-7,10H2,1-3H3. The van der Waals surface area contributed by atoms with Crippen LogP contribution < -0.4 is 15.8 Å². The van der Waals surface area contributed by atoms with Crippen molar-refractivity contribution in [3.63, 3.8) is 0 Å². The summed E-state index contributed by atoms with van der Waals surface area (Å²) in [7, 11) is 0. The average Bonchev–Trinajstić information content (AvgIpc) is 3.12. The van der Waals surface area contributed by atoms with E-state index in [-0.39, 0.29) is 5.63 Å². The number of aromatic nitrogens is 3. The lowest BCUT2D eigenvalue weighted by molar-refractivity contribution is 0.485. The van der Waals surface area contributed by atoms with Gasteiger partial charge in [-0.1, -0.05) is 6.07 Å². The largest absolute Gasteiger partial charge is 0.421 e. The molecule has 1 unspecified atom stereocenters. The van der Waals surface area contributed by atoms with Crippen LogP contribution in [-0.4, -0.2) is 40.0 Å². The molecule has 0 radical (unpaired) electrons. The third kappa shape index (κ3) is 3.17. The highest BCUT2D eigenvalue weighted by molar-refractivity contribution is 5.87. The number of benzene rings is 1. The van der Waals surface area contributed by atoms with Gasteiger partial charge in [-0.15, -0.1) is 0 Å². The van der Waals surface area contributed by atoms with E-state index in [2.05, 4.69) is 33.2 Å². The molecule has 1 aromatic carbocycles. The zero-order valence-corrected chi connectivity index (χ0v) is 16.8. The third-order valence-corrected chi connectivity index (χ3v) is 5.46. The maximum Gasteiger partial charge on any atom is 0.344 e. The van der Waals surface area contributed by atoms with E-state index in [0.29, 0.717) is 22.9 Å². The Balaban J connectivity index is 1.57. The number of aryl methyl sites for hydroxylation is 2. The van der Waals surface area contributed by atoms with Gasteiger partial charge in [0.2, 0.25) is 0 Å². The molecule has 148 valence electrons. The number of fused-ring (bicyclic) bond motifs is 2. The van der Waals surface area contributed by atoms with Gasteiger partial charge in [0.15, 0.2) is 11.4 Å². The summed E-state index contributed by atoms with van der Waals surface area (Å²) in [5.74, 6) is 0.465. The molecule has 0 spiro atoms. The molecule has 0 aliphatic carbocycles. The molecule has 7 heteroatoms. The van der Waals surface area contributed by atoms with Crippen molar-refractivity contribution in [2.75, 3.05) is 24.5 Å². The van der Waals surface area contributed by atoms with Crippen molar-refractivity contribution in [2.45, 2.75) is 26.8 Å². The van der Waals surface area contributed by atoms with E-state index < -0.39 is 0 Å². The summed E-state index contributed by atoms with van der Waals surface area (Å²) in [6.07, 6.45) is 3.79. The first kappa shape index (κ1) is 17.9. The van der Waals surface area contributed by atoms with Gasteiger partial charge in [-0.3, -0.25) is 4.98 Å². The molecular weight excluding hydrogens is 366 g/mol. The minimum absolute atomic E-state index is 0.342. The first-order chi connectivity index (χ1) is 14.0. The lowest BCUT2D eigenvalue weighted by Crippen LogP contribution is -2.49. The number of imidazole rings is 1. The molecule has 0 saturated carbocycles. The fourth-order valence-electron chi connectivity index (χ4n) is 4.09. The Bertz CT molecular complexity index is 1290. The molecular formula is C22H23N5O2. The van der Waals surface area contributed by atoms with Gasteiger partial charge in [0.1, 0.15) is 5.69 Å². The van der Waals surface area contributed by atoms with Crippen LogP contribution in [0.2, 0.25) is 0 Å². The number of hydrogen-bond acceptors (Lipinski definition) is 6. The average molecular weight is 389 g/mol. The Morgan fingerprint density at radius 2 is 2.03 bits per heavy atom. The summed E-state index contributed by atoms with van der Waals surface area (Å²) >= 11 is 0. The quantitative estimate of drug-likeness (QED) is 0.568. The van der Waals surface area contributed by atoms with E-state index in [1.54, 1.807) is 0 Å². The highest BCUT2D eigenvalue weighted by atomic mass is 16.4. The molecule has 5 rings (SSSR count). The normalized spacial score (nSPS) is 17.3. The number of piperazine rings is 1. The van der Waals surface area contributed by atoms with Gasteiger partial charge in [0, 0.05) is 43.8 Å². The van der Waals surface area contributed by atoms with E-state index in [1.807, 2.05) is 48.8 Å². The van der Waals surface area contributed by atoms with Gasteiger partial charge >= 0.3 is 5.63 Å². The molecule has 4 aromatic rings. The van der Waals surface area contributed by atoms with Crippen LogP contribution in [0.1, 0.15) is 18.3 Å². The van der Waals surface area contributed by atoms with Crippen LogP contribution >= 0.6 is 0 Å². The number of rotatable bonds is 2. The topological polar surface area (TPSA) is 75.7 Å². The van der Waals surface area contributed by atoms with E-state index >= 15 is 0 Å². The summed E-state index contributed by atoms with van der Waals surface area (Å²) in [5.41, 5.74) is 3.85. The monoisotopic (exact) mass is 389 g/mol. The Labute approximate surface area is 168 Å². The fraction of sp³-hybridized carbons (Fsp3) is 0.318. The molecule has 1 aliphatic rings. The van der Waals surface area contributed by atoms with Gasteiger partial charge in [-0.05, 0) is 44.4 Å². The van der Waals surface area contributed by atoms with Crippen molar-refractivity contribution < 1.29 is 4.42 Å². The molecule has 1 aliphatic heterocycles. The Morgan fingerprint density at radius 3 is 2.86 bits per heavy atom. The van der Waals surface area contributed by atoms with Crippen molar-refractivity contribution in [3.8, 4) is 11.5 Å². The van der Waals surface area contributed by atoms with Crippen molar-refractivity contribution in [1.82, 2.24) is 19.7 Å². The van der Waals surface area contributed by atoms with E-state index in [1.165, 1.54) is 0 Å². The van der Waals surface area contributed by atoms with Gasteiger partial charge in [0.05, 0.1) is 16.8 Å². The summed E-state index contributed by atoms with van der Waals surface area (Å²) in [6, 6.07) is 8.31. The second kappa shape index (κ2) is 6.70. The predicted molar refractivity (Wildman–Crippen MR) is 114 cm³/mol. The number of hydrogen-bond donors (Lipinski definition) is 1. The van der Waals surface area contributed by atoms with Crippen molar-refractivity contribution in [1.29, 1.82) is 0 Å². The van der Waals surface area contributed by atoms with E-state index in [9.17, 15) is 4.79 Å². The third-order valence-electron chi connectivity index (χ3n) is 5.46. The van der Waals surface area contributed by atoms with Gasteiger partial charge in [-0.2, -0.15) is 0 Å². The second-order valence-electron chi connectivity index (χ2n) is 7.80. The highest BCUT2D eigenvalue weighted by Crippen LogP contribution is 2.26. The van der Waals surface area contributed by atoms with Crippen molar-refractivity contribution >= 4 is 22.1 Å². The smallest absolute Gasteiger partial charge is 0.344 e. The maximum absolute atomic E-state index is 12.8. The Hall–Kier alpha value is -3.19. The van der Waals surface area contributed by atoms with Gasteiger partial charge in [0.25, 0.3) is 0 Å². The fourth-order valence-corrected chi connectivity index (χ4v) is 4.09. The molecule has 0 bridgehead atoms. The maximum atomic E-state index is 12.8. The SMILES string of the molecule is Cc1cn2cc(-c3cc4ccc(N5CCNC(C)C5)cc4c(=O)o3)nc2c(C)n1. The minimum atomic E-state index is -0.342. The van der Waals surface area contributed by atoms with Crippen LogP contribution in [0.5, 0.6) is 0 Å². The van der Waals surface area contributed by atoms with Crippen LogP contribution in [0.4, 0.5) is 5.69 Å². The van der Waals surface area contributed by atoms with Crippen LogP contribution in [0.3, 0.4) is 0 Å². The first-order valence-electron chi connectivity index (χ1n) is 9.87. The molecule has 4 heterocycles. The van der Waals surface area contributed by atoms with Gasteiger partial charge in [-0.25, -0.2) is 9.78 Å². The van der Waals surface area contributed by atoms with Crippen molar-refractivity contribution in [2.24, 2.45) is 0 Å². The zero-order valence-electron chi connectivity index (χ0n) is 16.8. The van der Waals surface area contributed by atoms with Crippen LogP contribution in [0.15, 0.2) is 45.9 Å². The molecule has 0 amide bonds. The summed E-state index contributed by atoms with van der Waals surface area (Å²) < 4.78 is 7.58. The highest BCUT2D eigenvalue weighted by Gasteiger charge is 2.18. The number of nitrogens with zero attached hydrogens (tertiary/aromatic N) is 4. The van der Waals surface area contributed by atoms with Crippen LogP contribution in [0, 0.1) is 13.8 Å². The van der Waals surface area contributed by atoms with Crippen molar-refractivity contribution in [3.05, 3.63) is 58.5 Å². The lowest BCUT2D eigenvalue weighted by atomic mass is 10.1. The molecule has 1 fully saturated rings. The Morgan fingerprint density at radius 1 is 1.17 bits per heavy atom. The molecule has 29 heavy (non-hydrogen) atoms. The first-order valence-corrected chi connectivity index (χ1v) is 9.87. The predicted octanol–water partition coefficient (Wildman–Crippen LogP) is 2.92. The number of nitrogens with one attached hydrogen (secondary N) is 1. The molecule has 1 atom stereocenters. The summed E-state index contributed by atoms with van der Waals surface area (Å²) in [4.78, 5) is 24.1. The number of anilines is 1.